The summed E-state index contributed by atoms with van der Waals surface area (Å²) in [7, 11) is 0. The van der Waals surface area contributed by atoms with Gasteiger partial charge < -0.3 is 14.6 Å². The van der Waals surface area contributed by atoms with Crippen molar-refractivity contribution in [2.45, 2.75) is 26.8 Å². The van der Waals surface area contributed by atoms with Crippen LogP contribution in [0.4, 0.5) is 0 Å². The molecular formula is C16H23NO4. The van der Waals surface area contributed by atoms with Crippen molar-refractivity contribution in [1.82, 2.24) is 4.90 Å². The van der Waals surface area contributed by atoms with Crippen molar-refractivity contribution < 1.29 is 19.4 Å². The van der Waals surface area contributed by atoms with Crippen molar-refractivity contribution in [1.29, 1.82) is 0 Å². The highest BCUT2D eigenvalue weighted by molar-refractivity contribution is 5.69. The van der Waals surface area contributed by atoms with Crippen LogP contribution in [0, 0.1) is 5.92 Å². The third-order valence-electron chi connectivity index (χ3n) is 3.62. The first-order chi connectivity index (χ1) is 10.1. The Morgan fingerprint density at radius 1 is 1.33 bits per heavy atom. The molecule has 1 aromatic rings. The summed E-state index contributed by atoms with van der Waals surface area (Å²) >= 11 is 0. The van der Waals surface area contributed by atoms with E-state index in [9.17, 15) is 4.79 Å². The van der Waals surface area contributed by atoms with E-state index in [1.54, 1.807) is 6.92 Å². The number of benzene rings is 1. The van der Waals surface area contributed by atoms with Crippen LogP contribution in [0.5, 0.6) is 11.5 Å². The SMILES string of the molecule is CCN(Cc1ccc2c(c1)OCCCO2)CC(C)C(=O)O. The van der Waals surface area contributed by atoms with Crippen LogP contribution >= 0.6 is 0 Å². The number of nitrogens with zero attached hydrogens (tertiary/aromatic N) is 1. The van der Waals surface area contributed by atoms with Gasteiger partial charge in [-0.2, -0.15) is 0 Å². The number of rotatable bonds is 6. The maximum absolute atomic E-state index is 11.0. The lowest BCUT2D eigenvalue weighted by Gasteiger charge is -2.23. The molecule has 0 saturated carbocycles. The molecule has 2 rings (SSSR count). The summed E-state index contributed by atoms with van der Waals surface area (Å²) in [6.45, 7) is 7.20. The molecule has 0 spiro atoms. The van der Waals surface area contributed by atoms with Gasteiger partial charge in [0, 0.05) is 19.5 Å². The molecule has 1 heterocycles. The lowest BCUT2D eigenvalue weighted by molar-refractivity contribution is -0.141. The second kappa shape index (κ2) is 7.31. The molecule has 1 aliphatic heterocycles. The lowest BCUT2D eigenvalue weighted by Crippen LogP contribution is -2.31. The zero-order valence-electron chi connectivity index (χ0n) is 12.7. The summed E-state index contributed by atoms with van der Waals surface area (Å²) in [5, 5.41) is 9.02. The third kappa shape index (κ3) is 4.36. The summed E-state index contributed by atoms with van der Waals surface area (Å²) in [6, 6.07) is 5.95. The van der Waals surface area contributed by atoms with Gasteiger partial charge in [-0.05, 0) is 24.2 Å². The average Bonchev–Trinajstić information content (AvgIpc) is 2.71. The fraction of sp³-hybridized carbons (Fsp3) is 0.562. The summed E-state index contributed by atoms with van der Waals surface area (Å²) in [4.78, 5) is 13.1. The van der Waals surface area contributed by atoms with Gasteiger partial charge in [-0.15, -0.1) is 0 Å². The Labute approximate surface area is 125 Å². The van der Waals surface area contributed by atoms with E-state index < -0.39 is 5.97 Å². The maximum atomic E-state index is 11.0. The Morgan fingerprint density at radius 2 is 2.05 bits per heavy atom. The van der Waals surface area contributed by atoms with Gasteiger partial charge in [0.05, 0.1) is 19.1 Å². The summed E-state index contributed by atoms with van der Waals surface area (Å²) in [6.07, 6.45) is 0.890. The molecule has 0 radical (unpaired) electrons. The molecule has 0 fully saturated rings. The van der Waals surface area contributed by atoms with Crippen molar-refractivity contribution in [3.8, 4) is 11.5 Å². The van der Waals surface area contributed by atoms with Crippen LogP contribution < -0.4 is 9.47 Å². The number of carbonyl (C=O) groups is 1. The molecule has 0 aromatic heterocycles. The topological polar surface area (TPSA) is 59.0 Å². The Kier molecular flexibility index (Phi) is 5.44. The van der Waals surface area contributed by atoms with Gasteiger partial charge in [0.2, 0.25) is 0 Å². The Hall–Kier alpha value is -1.75. The molecule has 0 amide bonds. The zero-order chi connectivity index (χ0) is 15.2. The van der Waals surface area contributed by atoms with Crippen LogP contribution in [-0.2, 0) is 11.3 Å². The predicted molar refractivity (Wildman–Crippen MR) is 79.8 cm³/mol. The minimum atomic E-state index is -0.757. The van der Waals surface area contributed by atoms with Gasteiger partial charge in [-0.25, -0.2) is 0 Å². The second-order valence-electron chi connectivity index (χ2n) is 5.40. The number of hydrogen-bond donors (Lipinski definition) is 1. The number of fused-ring (bicyclic) bond motifs is 1. The van der Waals surface area contributed by atoms with E-state index in [4.69, 9.17) is 14.6 Å². The van der Waals surface area contributed by atoms with Crippen molar-refractivity contribution in [3.05, 3.63) is 23.8 Å². The fourth-order valence-corrected chi connectivity index (χ4v) is 2.34. The first kappa shape index (κ1) is 15.6. The first-order valence-corrected chi connectivity index (χ1v) is 7.43. The van der Waals surface area contributed by atoms with E-state index >= 15 is 0 Å². The van der Waals surface area contributed by atoms with Crippen molar-refractivity contribution in [2.24, 2.45) is 5.92 Å². The van der Waals surface area contributed by atoms with E-state index in [0.717, 1.165) is 30.0 Å². The second-order valence-corrected chi connectivity index (χ2v) is 5.40. The number of ether oxygens (including phenoxy) is 2. The third-order valence-corrected chi connectivity index (χ3v) is 3.62. The number of carboxylic acid groups (broad SMARTS) is 1. The Bertz CT molecular complexity index is 489. The van der Waals surface area contributed by atoms with E-state index in [1.165, 1.54) is 0 Å². The van der Waals surface area contributed by atoms with Crippen LogP contribution in [0.15, 0.2) is 18.2 Å². The normalized spacial score (nSPS) is 15.6. The van der Waals surface area contributed by atoms with Crippen molar-refractivity contribution in [3.63, 3.8) is 0 Å². The minimum absolute atomic E-state index is 0.370. The van der Waals surface area contributed by atoms with Gasteiger partial charge in [0.25, 0.3) is 0 Å². The number of aliphatic carboxylic acids is 1. The fourth-order valence-electron chi connectivity index (χ4n) is 2.34. The van der Waals surface area contributed by atoms with E-state index in [-0.39, 0.29) is 5.92 Å². The van der Waals surface area contributed by atoms with Crippen LogP contribution in [0.1, 0.15) is 25.8 Å². The number of hydrogen-bond acceptors (Lipinski definition) is 4. The molecule has 21 heavy (non-hydrogen) atoms. The van der Waals surface area contributed by atoms with Gasteiger partial charge in [0.1, 0.15) is 0 Å². The predicted octanol–water partition coefficient (Wildman–Crippen LogP) is 2.39. The summed E-state index contributed by atoms with van der Waals surface area (Å²) in [5.41, 5.74) is 1.11. The highest BCUT2D eigenvalue weighted by atomic mass is 16.5. The quantitative estimate of drug-likeness (QED) is 0.872. The highest BCUT2D eigenvalue weighted by Gasteiger charge is 2.16. The maximum Gasteiger partial charge on any atom is 0.307 e. The molecule has 5 heteroatoms. The van der Waals surface area contributed by atoms with Gasteiger partial charge in [0.15, 0.2) is 11.5 Å². The monoisotopic (exact) mass is 293 g/mol. The Balaban J connectivity index is 2.04. The van der Waals surface area contributed by atoms with E-state index in [1.807, 2.05) is 25.1 Å². The molecular weight excluding hydrogens is 270 g/mol. The smallest absolute Gasteiger partial charge is 0.307 e. The van der Waals surface area contributed by atoms with E-state index in [0.29, 0.717) is 26.3 Å². The summed E-state index contributed by atoms with van der Waals surface area (Å²) in [5.74, 6) is 0.447. The van der Waals surface area contributed by atoms with Crippen LogP contribution in [0.25, 0.3) is 0 Å². The van der Waals surface area contributed by atoms with Gasteiger partial charge in [-0.1, -0.05) is 19.9 Å². The van der Waals surface area contributed by atoms with E-state index in [2.05, 4.69) is 4.90 Å². The van der Waals surface area contributed by atoms with Crippen molar-refractivity contribution in [2.75, 3.05) is 26.3 Å². The number of carboxylic acids is 1. The Morgan fingerprint density at radius 3 is 2.71 bits per heavy atom. The van der Waals surface area contributed by atoms with Gasteiger partial charge >= 0.3 is 5.97 Å². The molecule has 0 saturated heterocycles. The molecule has 1 atom stereocenters. The van der Waals surface area contributed by atoms with Gasteiger partial charge in [-0.3, -0.25) is 9.69 Å². The van der Waals surface area contributed by atoms with Crippen molar-refractivity contribution >= 4 is 5.97 Å². The first-order valence-electron chi connectivity index (χ1n) is 7.43. The molecule has 5 nitrogen and oxygen atoms in total. The standard InChI is InChI=1S/C16H23NO4/c1-3-17(10-12(2)16(18)19)11-13-5-6-14-15(9-13)21-8-4-7-20-14/h5-6,9,12H,3-4,7-8,10-11H2,1-2H3,(H,18,19). The molecule has 1 aromatic carbocycles. The molecule has 1 unspecified atom stereocenters. The average molecular weight is 293 g/mol. The minimum Gasteiger partial charge on any atom is -0.490 e. The largest absolute Gasteiger partial charge is 0.490 e. The zero-order valence-corrected chi connectivity index (χ0v) is 12.7. The molecule has 0 aliphatic carbocycles. The molecule has 1 aliphatic rings. The molecule has 116 valence electrons. The molecule has 0 bridgehead atoms. The van der Waals surface area contributed by atoms with Crippen LogP contribution in [0.2, 0.25) is 0 Å². The summed E-state index contributed by atoms with van der Waals surface area (Å²) < 4.78 is 11.3. The van der Waals surface area contributed by atoms with Crippen LogP contribution in [0.3, 0.4) is 0 Å². The lowest BCUT2D eigenvalue weighted by atomic mass is 10.1. The highest BCUT2D eigenvalue weighted by Crippen LogP contribution is 2.30. The van der Waals surface area contributed by atoms with Crippen LogP contribution in [-0.4, -0.2) is 42.3 Å². The molecule has 1 N–H and O–H groups in total.